The first-order valence-electron chi connectivity index (χ1n) is 5.05. The Bertz CT molecular complexity index is 482. The first-order chi connectivity index (χ1) is 8.75. The molecule has 0 spiro atoms. The van der Waals surface area contributed by atoms with Gasteiger partial charge in [0.05, 0.1) is 5.02 Å². The number of hydrogen-bond donors (Lipinski definition) is 0. The van der Waals surface area contributed by atoms with Gasteiger partial charge < -0.3 is 4.74 Å². The Morgan fingerprint density at radius 3 is 2.50 bits per heavy atom. The van der Waals surface area contributed by atoms with Crippen LogP contribution in [0, 0.1) is 11.9 Å². The van der Waals surface area contributed by atoms with Gasteiger partial charge in [-0.25, -0.2) is 4.39 Å². The molecule has 0 heterocycles. The van der Waals surface area contributed by atoms with Gasteiger partial charge in [-0.1, -0.05) is 17.7 Å². The van der Waals surface area contributed by atoms with Crippen LogP contribution in [-0.4, -0.2) is 0 Å². The summed E-state index contributed by atoms with van der Waals surface area (Å²) < 4.78 is 18.3. The SMILES string of the molecule is Fc1ccc(COc2cc[c-]cc2)c(Cl)c1.[Zn+][Br]. The van der Waals surface area contributed by atoms with Gasteiger partial charge in [-0.15, -0.1) is 12.1 Å². The molecule has 0 radical (unpaired) electrons. The van der Waals surface area contributed by atoms with Crippen LogP contribution in [0.3, 0.4) is 0 Å². The van der Waals surface area contributed by atoms with Crippen molar-refractivity contribution in [3.8, 4) is 5.75 Å². The maximum absolute atomic E-state index is 12.8. The third kappa shape index (κ3) is 5.05. The van der Waals surface area contributed by atoms with Gasteiger partial charge in [-0.3, -0.25) is 0 Å². The summed E-state index contributed by atoms with van der Waals surface area (Å²) in [4.78, 5) is 0. The topological polar surface area (TPSA) is 9.23 Å². The Kier molecular flexibility index (Phi) is 7.49. The van der Waals surface area contributed by atoms with E-state index >= 15 is 0 Å². The van der Waals surface area contributed by atoms with Crippen LogP contribution >= 0.6 is 25.2 Å². The molecule has 18 heavy (non-hydrogen) atoms. The van der Waals surface area contributed by atoms with Crippen molar-refractivity contribution in [1.82, 2.24) is 0 Å². The Morgan fingerprint density at radius 1 is 1.22 bits per heavy atom. The standard InChI is InChI=1S/C13H9ClFO.BrH.Zn/c14-13-8-11(15)7-6-10(13)9-16-12-4-2-1-3-5-12;;/h2-8H,9H2;1H;/q-1;;+2/p-1. The molecule has 0 N–H and O–H groups in total. The van der Waals surface area contributed by atoms with E-state index in [0.717, 1.165) is 11.3 Å². The second kappa shape index (κ2) is 8.63. The van der Waals surface area contributed by atoms with Gasteiger partial charge in [0, 0.05) is 11.3 Å². The zero-order valence-electron chi connectivity index (χ0n) is 9.50. The van der Waals surface area contributed by atoms with E-state index in [9.17, 15) is 4.39 Å². The number of ether oxygens (including phenoxy) is 1. The molecule has 0 fully saturated rings. The molecule has 0 amide bonds. The summed E-state index contributed by atoms with van der Waals surface area (Å²) in [6.07, 6.45) is 0. The van der Waals surface area contributed by atoms with Crippen molar-refractivity contribution in [2.75, 3.05) is 0 Å². The van der Waals surface area contributed by atoms with E-state index in [-0.39, 0.29) is 5.82 Å². The molecule has 0 unspecified atom stereocenters. The fourth-order valence-corrected chi connectivity index (χ4v) is 1.49. The van der Waals surface area contributed by atoms with Crippen molar-refractivity contribution in [3.63, 3.8) is 0 Å². The molecule has 5 heteroatoms. The first-order valence-corrected chi connectivity index (χ1v) is 12.4. The zero-order chi connectivity index (χ0) is 13.4. The molecule has 2 aromatic rings. The normalized spacial score (nSPS) is 9.39. The van der Waals surface area contributed by atoms with Gasteiger partial charge in [0.1, 0.15) is 12.4 Å². The molecule has 0 saturated carbocycles. The van der Waals surface area contributed by atoms with Crippen LogP contribution < -0.4 is 4.74 Å². The Morgan fingerprint density at radius 2 is 1.89 bits per heavy atom. The quantitative estimate of drug-likeness (QED) is 0.554. The summed E-state index contributed by atoms with van der Waals surface area (Å²) >= 11 is 10.1. The second-order valence-electron chi connectivity index (χ2n) is 3.26. The van der Waals surface area contributed by atoms with E-state index < -0.39 is 0 Å². The predicted molar refractivity (Wildman–Crippen MR) is 69.9 cm³/mol. The van der Waals surface area contributed by atoms with Crippen LogP contribution in [-0.2, 0) is 22.9 Å². The molecular weight excluding hydrogens is 372 g/mol. The monoisotopic (exact) mass is 378 g/mol. The molecule has 0 atom stereocenters. The average molecular weight is 381 g/mol. The molecule has 90 valence electrons. The Hall–Kier alpha value is -0.437. The zero-order valence-corrected chi connectivity index (χ0v) is 14.8. The van der Waals surface area contributed by atoms with Gasteiger partial charge in [-0.2, -0.15) is 18.2 Å². The molecular formula is C13H9BrClFOZn. The summed E-state index contributed by atoms with van der Waals surface area (Å²) in [6, 6.07) is 14.3. The van der Waals surface area contributed by atoms with Crippen molar-refractivity contribution in [2.24, 2.45) is 0 Å². The van der Waals surface area contributed by atoms with Crippen LogP contribution in [0.1, 0.15) is 5.56 Å². The number of hydrogen-bond acceptors (Lipinski definition) is 1. The van der Waals surface area contributed by atoms with Crippen molar-refractivity contribution in [1.29, 1.82) is 0 Å². The average Bonchev–Trinajstić information content (AvgIpc) is 2.41. The number of halogens is 3. The summed E-state index contributed by atoms with van der Waals surface area (Å²) in [5.41, 5.74) is 0.760. The van der Waals surface area contributed by atoms with Crippen LogP contribution in [0.15, 0.2) is 42.5 Å². The summed E-state index contributed by atoms with van der Waals surface area (Å²) in [5.74, 6) is 0.391. The van der Waals surface area contributed by atoms with E-state index in [1.807, 2.05) is 0 Å². The Labute approximate surface area is 127 Å². The maximum atomic E-state index is 12.8. The van der Waals surface area contributed by atoms with E-state index in [1.165, 1.54) is 28.5 Å². The van der Waals surface area contributed by atoms with Crippen molar-refractivity contribution in [3.05, 3.63) is 64.9 Å². The number of rotatable bonds is 3. The minimum absolute atomic E-state index is 0.323. The minimum atomic E-state index is -0.344. The van der Waals surface area contributed by atoms with Crippen molar-refractivity contribution >= 4 is 25.2 Å². The van der Waals surface area contributed by atoms with Gasteiger partial charge >= 0.3 is 30.0 Å². The fraction of sp³-hybridized carbons (Fsp3) is 0.0769. The molecule has 0 aliphatic rings. The van der Waals surface area contributed by atoms with Gasteiger partial charge in [0.2, 0.25) is 0 Å². The van der Waals surface area contributed by atoms with Crippen LogP contribution in [0.4, 0.5) is 4.39 Å². The summed E-state index contributed by atoms with van der Waals surface area (Å²) in [5, 5.41) is 0.377. The van der Waals surface area contributed by atoms with Crippen LogP contribution in [0.2, 0.25) is 5.02 Å². The second-order valence-corrected chi connectivity index (χ2v) is 3.67. The molecule has 0 aliphatic heterocycles. The van der Waals surface area contributed by atoms with Gasteiger partial charge in [0.15, 0.2) is 0 Å². The summed E-state index contributed by atoms with van der Waals surface area (Å²) in [7, 11) is 0. The van der Waals surface area contributed by atoms with Crippen molar-refractivity contribution in [2.45, 2.75) is 6.61 Å². The molecule has 0 aliphatic carbocycles. The molecule has 1 nitrogen and oxygen atoms in total. The van der Waals surface area contributed by atoms with Crippen LogP contribution in [0.5, 0.6) is 5.75 Å². The third-order valence-electron chi connectivity index (χ3n) is 2.10. The molecule has 0 aromatic heterocycles. The molecule has 2 rings (SSSR count). The number of benzene rings is 2. The Balaban J connectivity index is 0.000000771. The van der Waals surface area contributed by atoms with Gasteiger partial charge in [-0.05, 0) is 12.1 Å². The molecule has 2 aromatic carbocycles. The molecule has 0 bridgehead atoms. The van der Waals surface area contributed by atoms with E-state index in [2.05, 4.69) is 19.7 Å². The van der Waals surface area contributed by atoms with Crippen LogP contribution in [0.25, 0.3) is 0 Å². The predicted octanol–water partition coefficient (Wildman–Crippen LogP) is 4.70. The van der Waals surface area contributed by atoms with E-state index in [4.69, 9.17) is 16.3 Å². The fourth-order valence-electron chi connectivity index (χ4n) is 1.27. The van der Waals surface area contributed by atoms with Gasteiger partial charge in [0.25, 0.3) is 0 Å². The summed E-state index contributed by atoms with van der Waals surface area (Å²) in [6.45, 7) is 0.323. The molecule has 0 saturated heterocycles. The third-order valence-corrected chi connectivity index (χ3v) is 2.45. The van der Waals surface area contributed by atoms with E-state index in [1.54, 1.807) is 30.3 Å². The van der Waals surface area contributed by atoms with Crippen molar-refractivity contribution < 1.29 is 25.5 Å². The first kappa shape index (κ1) is 15.6. The van der Waals surface area contributed by atoms with E-state index in [0.29, 0.717) is 11.6 Å².